The van der Waals surface area contributed by atoms with Gasteiger partial charge in [0.15, 0.2) is 11.6 Å². The second kappa shape index (κ2) is 4.18. The number of imidazole rings is 1. The van der Waals surface area contributed by atoms with E-state index in [-0.39, 0.29) is 0 Å². The molecule has 0 aliphatic rings. The fourth-order valence-corrected chi connectivity index (χ4v) is 1.45. The Kier molecular flexibility index (Phi) is 2.72. The lowest BCUT2D eigenvalue weighted by atomic mass is 10.2. The summed E-state index contributed by atoms with van der Waals surface area (Å²) >= 11 is 0. The summed E-state index contributed by atoms with van der Waals surface area (Å²) in [7, 11) is 1.62. The lowest BCUT2D eigenvalue weighted by molar-refractivity contribution is 0.410. The van der Waals surface area contributed by atoms with Crippen LogP contribution in [0.4, 0.5) is 0 Å². The summed E-state index contributed by atoms with van der Waals surface area (Å²) in [6.07, 6.45) is 7.10. The minimum atomic E-state index is 0.704. The van der Waals surface area contributed by atoms with Crippen LogP contribution in [0, 0.1) is 6.92 Å². The first-order chi connectivity index (χ1) is 7.74. The minimum absolute atomic E-state index is 0.704. The summed E-state index contributed by atoms with van der Waals surface area (Å²) < 4.78 is 7.13. The smallest absolute Gasteiger partial charge is 0.180 e. The summed E-state index contributed by atoms with van der Waals surface area (Å²) in [5.74, 6) is 1.43. The topological polar surface area (TPSA) is 39.9 Å². The molecule has 0 unspecified atom stereocenters. The highest BCUT2D eigenvalue weighted by molar-refractivity contribution is 5.53. The van der Waals surface area contributed by atoms with E-state index in [9.17, 15) is 0 Å². The van der Waals surface area contributed by atoms with Gasteiger partial charge in [-0.1, -0.05) is 12.7 Å². The highest BCUT2D eigenvalue weighted by Crippen LogP contribution is 2.22. The Bertz CT molecular complexity index is 517. The van der Waals surface area contributed by atoms with Gasteiger partial charge in [0.2, 0.25) is 0 Å². The van der Waals surface area contributed by atoms with Crippen LogP contribution in [0.25, 0.3) is 11.9 Å². The molecular weight excluding hydrogens is 202 g/mol. The van der Waals surface area contributed by atoms with Crippen molar-refractivity contribution >= 4 is 6.08 Å². The van der Waals surface area contributed by atoms with E-state index in [1.54, 1.807) is 25.7 Å². The molecule has 0 atom stereocenters. The third kappa shape index (κ3) is 1.82. The first-order valence-electron chi connectivity index (χ1n) is 4.92. The van der Waals surface area contributed by atoms with Gasteiger partial charge in [-0.05, 0) is 18.6 Å². The number of aryl methyl sites for hydroxylation is 1. The first-order valence-corrected chi connectivity index (χ1v) is 4.92. The van der Waals surface area contributed by atoms with Crippen LogP contribution in [0.5, 0.6) is 5.75 Å². The van der Waals surface area contributed by atoms with Crippen molar-refractivity contribution in [3.8, 4) is 11.6 Å². The first kappa shape index (κ1) is 10.4. The lowest BCUT2D eigenvalue weighted by Gasteiger charge is -2.08. The zero-order valence-corrected chi connectivity index (χ0v) is 9.34. The number of methoxy groups -OCH3 is 1. The van der Waals surface area contributed by atoms with E-state index in [1.807, 2.05) is 23.8 Å². The average molecular weight is 215 g/mol. The molecule has 82 valence electrons. The monoisotopic (exact) mass is 215 g/mol. The Hall–Kier alpha value is -2.10. The molecule has 4 nitrogen and oxygen atoms in total. The Morgan fingerprint density at radius 2 is 2.25 bits per heavy atom. The van der Waals surface area contributed by atoms with E-state index in [0.717, 1.165) is 17.1 Å². The normalized spacial score (nSPS) is 10.1. The number of hydrogen-bond acceptors (Lipinski definition) is 3. The predicted molar refractivity (Wildman–Crippen MR) is 62.7 cm³/mol. The van der Waals surface area contributed by atoms with E-state index >= 15 is 0 Å². The van der Waals surface area contributed by atoms with Crippen LogP contribution in [0.2, 0.25) is 0 Å². The molecule has 0 saturated heterocycles. The molecule has 0 aliphatic heterocycles. The highest BCUT2D eigenvalue weighted by Gasteiger charge is 2.07. The van der Waals surface area contributed by atoms with Gasteiger partial charge in [0.25, 0.3) is 0 Å². The summed E-state index contributed by atoms with van der Waals surface area (Å²) in [5.41, 5.74) is 1.87. The molecule has 0 aromatic carbocycles. The molecule has 0 N–H and O–H groups in total. The van der Waals surface area contributed by atoms with E-state index < -0.39 is 0 Å². The van der Waals surface area contributed by atoms with E-state index in [2.05, 4.69) is 16.5 Å². The van der Waals surface area contributed by atoms with Crippen LogP contribution in [0.15, 0.2) is 31.4 Å². The molecule has 2 aromatic heterocycles. The van der Waals surface area contributed by atoms with E-state index in [1.165, 1.54) is 0 Å². The van der Waals surface area contributed by atoms with Crippen LogP contribution < -0.4 is 4.74 Å². The fraction of sp³-hybridized carbons (Fsp3) is 0.167. The molecule has 2 rings (SSSR count). The number of pyridine rings is 1. The maximum absolute atomic E-state index is 5.29. The highest BCUT2D eigenvalue weighted by atomic mass is 16.5. The Balaban J connectivity index is 2.52. The summed E-state index contributed by atoms with van der Waals surface area (Å²) in [6.45, 7) is 5.63. The van der Waals surface area contributed by atoms with Crippen molar-refractivity contribution in [2.75, 3.05) is 7.11 Å². The van der Waals surface area contributed by atoms with Gasteiger partial charge in [0.1, 0.15) is 6.33 Å². The molecule has 2 aromatic rings. The van der Waals surface area contributed by atoms with Gasteiger partial charge < -0.3 is 4.74 Å². The minimum Gasteiger partial charge on any atom is -0.493 e. The number of rotatable bonds is 3. The van der Waals surface area contributed by atoms with Gasteiger partial charge in [-0.3, -0.25) is 4.57 Å². The summed E-state index contributed by atoms with van der Waals surface area (Å²) in [4.78, 5) is 8.49. The van der Waals surface area contributed by atoms with Crippen molar-refractivity contribution in [1.82, 2.24) is 14.5 Å². The zero-order valence-electron chi connectivity index (χ0n) is 9.34. The Labute approximate surface area is 94.2 Å². The van der Waals surface area contributed by atoms with Crippen LogP contribution in [0.1, 0.15) is 11.3 Å². The predicted octanol–water partition coefficient (Wildman–Crippen LogP) is 2.23. The van der Waals surface area contributed by atoms with Crippen molar-refractivity contribution in [2.45, 2.75) is 6.92 Å². The fourth-order valence-electron chi connectivity index (χ4n) is 1.45. The van der Waals surface area contributed by atoms with Crippen LogP contribution in [-0.4, -0.2) is 21.6 Å². The van der Waals surface area contributed by atoms with Crippen molar-refractivity contribution in [2.24, 2.45) is 0 Å². The van der Waals surface area contributed by atoms with Crippen molar-refractivity contribution in [1.29, 1.82) is 0 Å². The molecule has 0 saturated carbocycles. The molecule has 16 heavy (non-hydrogen) atoms. The molecule has 0 spiro atoms. The lowest BCUT2D eigenvalue weighted by Crippen LogP contribution is -1.99. The molecule has 0 radical (unpaired) electrons. The van der Waals surface area contributed by atoms with Crippen molar-refractivity contribution < 1.29 is 4.74 Å². The summed E-state index contributed by atoms with van der Waals surface area (Å²) in [6, 6.07) is 1.89. The second-order valence-electron chi connectivity index (χ2n) is 3.42. The third-order valence-electron chi connectivity index (χ3n) is 2.27. The standard InChI is InChI=1S/C12H13N3O/c1-4-10-5-11(16-3)12(13-6-10)15-7-9(2)14-8-15/h4-8H,1H2,2-3H3. The number of aromatic nitrogens is 3. The molecule has 0 bridgehead atoms. The van der Waals surface area contributed by atoms with E-state index in [0.29, 0.717) is 5.75 Å². The van der Waals surface area contributed by atoms with Crippen LogP contribution >= 0.6 is 0 Å². The van der Waals surface area contributed by atoms with Gasteiger partial charge >= 0.3 is 0 Å². The second-order valence-corrected chi connectivity index (χ2v) is 3.42. The van der Waals surface area contributed by atoms with Gasteiger partial charge in [0.05, 0.1) is 12.8 Å². The number of ether oxygens (including phenoxy) is 1. The Morgan fingerprint density at radius 3 is 2.81 bits per heavy atom. The summed E-state index contributed by atoms with van der Waals surface area (Å²) in [5, 5.41) is 0. The largest absolute Gasteiger partial charge is 0.493 e. The van der Waals surface area contributed by atoms with Crippen molar-refractivity contribution in [3.63, 3.8) is 0 Å². The SMILES string of the molecule is C=Cc1cnc(-n2cnc(C)c2)c(OC)c1. The van der Waals surface area contributed by atoms with Crippen LogP contribution in [0.3, 0.4) is 0 Å². The quantitative estimate of drug-likeness (QED) is 0.788. The molecule has 2 heterocycles. The number of nitrogens with zero attached hydrogens (tertiary/aromatic N) is 3. The third-order valence-corrected chi connectivity index (χ3v) is 2.27. The molecule has 0 fully saturated rings. The van der Waals surface area contributed by atoms with Crippen LogP contribution in [-0.2, 0) is 0 Å². The maximum Gasteiger partial charge on any atom is 0.180 e. The Morgan fingerprint density at radius 1 is 1.44 bits per heavy atom. The van der Waals surface area contributed by atoms with E-state index in [4.69, 9.17) is 4.74 Å². The molecule has 0 aliphatic carbocycles. The van der Waals surface area contributed by atoms with Gasteiger partial charge in [-0.25, -0.2) is 9.97 Å². The zero-order chi connectivity index (χ0) is 11.5. The number of hydrogen-bond donors (Lipinski definition) is 0. The van der Waals surface area contributed by atoms with Gasteiger partial charge in [-0.2, -0.15) is 0 Å². The maximum atomic E-state index is 5.29. The molecular formula is C12H13N3O. The van der Waals surface area contributed by atoms with Crippen molar-refractivity contribution in [3.05, 3.63) is 42.6 Å². The van der Waals surface area contributed by atoms with Gasteiger partial charge in [0, 0.05) is 12.4 Å². The van der Waals surface area contributed by atoms with Gasteiger partial charge in [-0.15, -0.1) is 0 Å². The average Bonchev–Trinajstić information content (AvgIpc) is 2.74. The molecule has 0 amide bonds. The molecule has 4 heteroatoms.